The molecular formula is C13H19N5. The van der Waals surface area contributed by atoms with Gasteiger partial charge in [0.15, 0.2) is 5.82 Å². The van der Waals surface area contributed by atoms with Crippen LogP contribution in [0.4, 0.5) is 0 Å². The van der Waals surface area contributed by atoms with Gasteiger partial charge in [0, 0.05) is 0 Å². The third-order valence-electron chi connectivity index (χ3n) is 2.71. The largest absolute Gasteiger partial charge is 0.307 e. The van der Waals surface area contributed by atoms with Crippen molar-refractivity contribution in [1.82, 2.24) is 25.5 Å². The molecule has 0 bridgehead atoms. The number of nitrogens with one attached hydrogen (secondary N) is 1. The zero-order valence-corrected chi connectivity index (χ0v) is 11.0. The molecule has 5 heteroatoms. The van der Waals surface area contributed by atoms with Gasteiger partial charge in [-0.15, -0.1) is 5.10 Å². The maximum atomic E-state index is 4.11. The fraction of sp³-hybridized carbons (Fsp3) is 0.462. The van der Waals surface area contributed by atoms with E-state index in [2.05, 4.69) is 41.6 Å². The van der Waals surface area contributed by atoms with E-state index in [1.165, 1.54) is 0 Å². The predicted octanol–water partition coefficient (Wildman–Crippen LogP) is 1.97. The molecular weight excluding hydrogens is 226 g/mol. The lowest BCUT2D eigenvalue weighted by atomic mass is 10.2. The summed E-state index contributed by atoms with van der Waals surface area (Å²) in [6, 6.07) is 10.1. The van der Waals surface area contributed by atoms with Crippen LogP contribution in [-0.4, -0.2) is 26.8 Å². The lowest BCUT2D eigenvalue weighted by Crippen LogP contribution is -2.25. The van der Waals surface area contributed by atoms with Gasteiger partial charge in [-0.1, -0.05) is 32.0 Å². The molecule has 1 heterocycles. The average Bonchev–Trinajstić information content (AvgIpc) is 2.86. The van der Waals surface area contributed by atoms with E-state index >= 15 is 0 Å². The zero-order valence-electron chi connectivity index (χ0n) is 11.0. The highest BCUT2D eigenvalue weighted by Crippen LogP contribution is 2.13. The van der Waals surface area contributed by atoms with E-state index in [4.69, 9.17) is 0 Å². The molecule has 18 heavy (non-hydrogen) atoms. The van der Waals surface area contributed by atoms with E-state index < -0.39 is 0 Å². The maximum Gasteiger partial charge on any atom is 0.173 e. The fourth-order valence-corrected chi connectivity index (χ4v) is 1.72. The minimum Gasteiger partial charge on any atom is -0.307 e. The summed E-state index contributed by atoms with van der Waals surface area (Å²) in [7, 11) is 0. The summed E-state index contributed by atoms with van der Waals surface area (Å²) < 4.78 is 1.78. The molecule has 96 valence electrons. The topological polar surface area (TPSA) is 55.6 Å². The van der Waals surface area contributed by atoms with Crippen LogP contribution < -0.4 is 5.32 Å². The highest BCUT2D eigenvalue weighted by Gasteiger charge is 2.15. The van der Waals surface area contributed by atoms with Crippen LogP contribution in [0.15, 0.2) is 30.3 Å². The summed E-state index contributed by atoms with van der Waals surface area (Å²) in [4.78, 5) is 0. The van der Waals surface area contributed by atoms with E-state index in [1.54, 1.807) is 4.68 Å². The van der Waals surface area contributed by atoms with E-state index in [-0.39, 0.29) is 6.04 Å². The summed E-state index contributed by atoms with van der Waals surface area (Å²) >= 11 is 0. The number of aromatic nitrogens is 4. The minimum absolute atomic E-state index is 0.127. The van der Waals surface area contributed by atoms with Gasteiger partial charge in [0.1, 0.15) is 0 Å². The predicted molar refractivity (Wildman–Crippen MR) is 70.4 cm³/mol. The Balaban J connectivity index is 2.17. The Morgan fingerprint density at radius 1 is 1.17 bits per heavy atom. The Hall–Kier alpha value is -1.75. The molecule has 0 aliphatic carbocycles. The van der Waals surface area contributed by atoms with Crippen molar-refractivity contribution < 1.29 is 0 Å². The highest BCUT2D eigenvalue weighted by molar-refractivity contribution is 5.30. The normalized spacial score (nSPS) is 12.9. The third-order valence-corrected chi connectivity index (χ3v) is 2.71. The molecule has 1 unspecified atom stereocenters. The first kappa shape index (κ1) is 12.7. The van der Waals surface area contributed by atoms with Crippen molar-refractivity contribution in [3.63, 3.8) is 0 Å². The van der Waals surface area contributed by atoms with Crippen molar-refractivity contribution in [2.24, 2.45) is 5.92 Å². The molecule has 0 aliphatic heterocycles. The van der Waals surface area contributed by atoms with E-state index in [0.29, 0.717) is 5.92 Å². The molecule has 1 atom stereocenters. The second-order valence-corrected chi connectivity index (χ2v) is 4.81. The number of para-hydroxylation sites is 1. The van der Waals surface area contributed by atoms with Gasteiger partial charge in [0.05, 0.1) is 11.7 Å². The molecule has 2 rings (SSSR count). The van der Waals surface area contributed by atoms with Crippen LogP contribution in [0.2, 0.25) is 0 Å². The molecule has 0 amide bonds. The first-order valence-corrected chi connectivity index (χ1v) is 6.25. The SMILES string of the molecule is CC(C)CNC(C)c1nnnn1-c1ccccc1. The Bertz CT molecular complexity index is 477. The highest BCUT2D eigenvalue weighted by atomic mass is 15.5. The summed E-state index contributed by atoms with van der Waals surface area (Å²) in [5.74, 6) is 1.44. The number of tetrazole rings is 1. The molecule has 0 fully saturated rings. The zero-order chi connectivity index (χ0) is 13.0. The van der Waals surface area contributed by atoms with Gasteiger partial charge in [-0.2, -0.15) is 4.68 Å². The smallest absolute Gasteiger partial charge is 0.173 e. The Labute approximate surface area is 107 Å². The summed E-state index contributed by atoms with van der Waals surface area (Å²) in [6.07, 6.45) is 0. The van der Waals surface area contributed by atoms with Gasteiger partial charge < -0.3 is 5.32 Å². The van der Waals surface area contributed by atoms with Crippen LogP contribution in [0.25, 0.3) is 5.69 Å². The van der Waals surface area contributed by atoms with Crippen molar-refractivity contribution in [3.05, 3.63) is 36.2 Å². The Morgan fingerprint density at radius 3 is 2.56 bits per heavy atom. The van der Waals surface area contributed by atoms with Crippen LogP contribution in [0.1, 0.15) is 32.6 Å². The molecule has 5 nitrogen and oxygen atoms in total. The standard InChI is InChI=1S/C13H19N5/c1-10(2)9-14-11(3)13-15-16-17-18(13)12-7-5-4-6-8-12/h4-8,10-11,14H,9H2,1-3H3. The third kappa shape index (κ3) is 2.92. The summed E-state index contributed by atoms with van der Waals surface area (Å²) in [5.41, 5.74) is 0.982. The Kier molecular flexibility index (Phi) is 4.04. The number of rotatable bonds is 5. The molecule has 1 N–H and O–H groups in total. The van der Waals surface area contributed by atoms with Crippen molar-refractivity contribution in [1.29, 1.82) is 0 Å². The molecule has 0 saturated carbocycles. The van der Waals surface area contributed by atoms with Crippen LogP contribution in [0.3, 0.4) is 0 Å². The molecule has 0 aliphatic rings. The van der Waals surface area contributed by atoms with Gasteiger partial charge in [-0.25, -0.2) is 0 Å². The van der Waals surface area contributed by atoms with Crippen molar-refractivity contribution in [2.75, 3.05) is 6.54 Å². The molecule has 1 aromatic carbocycles. The number of hydrogen-bond donors (Lipinski definition) is 1. The van der Waals surface area contributed by atoms with Gasteiger partial charge in [0.25, 0.3) is 0 Å². The Morgan fingerprint density at radius 2 is 1.89 bits per heavy atom. The van der Waals surface area contributed by atoms with Gasteiger partial charge in [-0.3, -0.25) is 0 Å². The summed E-state index contributed by atoms with van der Waals surface area (Å²) in [5, 5.41) is 15.4. The molecule has 0 spiro atoms. The van der Waals surface area contributed by atoms with E-state index in [1.807, 2.05) is 30.3 Å². The summed E-state index contributed by atoms with van der Waals surface area (Å²) in [6.45, 7) is 7.39. The quantitative estimate of drug-likeness (QED) is 0.875. The molecule has 0 saturated heterocycles. The van der Waals surface area contributed by atoms with Gasteiger partial charge in [0.2, 0.25) is 0 Å². The molecule has 2 aromatic rings. The van der Waals surface area contributed by atoms with E-state index in [0.717, 1.165) is 18.1 Å². The van der Waals surface area contributed by atoms with Crippen LogP contribution in [0.5, 0.6) is 0 Å². The van der Waals surface area contributed by atoms with Gasteiger partial charge >= 0.3 is 0 Å². The number of benzene rings is 1. The fourth-order valence-electron chi connectivity index (χ4n) is 1.72. The van der Waals surface area contributed by atoms with Crippen molar-refractivity contribution in [2.45, 2.75) is 26.8 Å². The number of hydrogen-bond acceptors (Lipinski definition) is 4. The molecule has 0 radical (unpaired) electrons. The van der Waals surface area contributed by atoms with Crippen LogP contribution in [-0.2, 0) is 0 Å². The lowest BCUT2D eigenvalue weighted by molar-refractivity contribution is 0.475. The van der Waals surface area contributed by atoms with Crippen LogP contribution in [0, 0.1) is 5.92 Å². The van der Waals surface area contributed by atoms with Crippen LogP contribution >= 0.6 is 0 Å². The number of nitrogens with zero attached hydrogens (tertiary/aromatic N) is 4. The first-order valence-electron chi connectivity index (χ1n) is 6.25. The van der Waals surface area contributed by atoms with Crippen molar-refractivity contribution >= 4 is 0 Å². The minimum atomic E-state index is 0.127. The lowest BCUT2D eigenvalue weighted by Gasteiger charge is -2.14. The van der Waals surface area contributed by atoms with E-state index in [9.17, 15) is 0 Å². The monoisotopic (exact) mass is 245 g/mol. The van der Waals surface area contributed by atoms with Gasteiger partial charge in [-0.05, 0) is 41.9 Å². The second kappa shape index (κ2) is 5.73. The maximum absolute atomic E-state index is 4.11. The average molecular weight is 245 g/mol. The van der Waals surface area contributed by atoms with Crippen molar-refractivity contribution in [3.8, 4) is 5.69 Å². The molecule has 1 aromatic heterocycles. The first-order chi connectivity index (χ1) is 8.68. The second-order valence-electron chi connectivity index (χ2n) is 4.81.